The molecule has 0 aromatic carbocycles. The molecule has 1 aliphatic rings. The molecule has 1 saturated heterocycles. The summed E-state index contributed by atoms with van der Waals surface area (Å²) in [4.78, 5) is 10.2. The van der Waals surface area contributed by atoms with Gasteiger partial charge in [0.1, 0.15) is 12.7 Å². The van der Waals surface area contributed by atoms with Crippen molar-refractivity contribution in [3.05, 3.63) is 11.6 Å². The molecule has 4 heteroatoms. The van der Waals surface area contributed by atoms with Gasteiger partial charge in [0.2, 0.25) is 5.91 Å². The maximum Gasteiger partial charge on any atom is 0.244 e. The molecule has 4 nitrogen and oxygen atoms in total. The predicted molar refractivity (Wildman–Crippen MR) is 48.5 cm³/mol. The topological polar surface area (TPSA) is 75.5 Å². The summed E-state index contributed by atoms with van der Waals surface area (Å²) in [6.45, 7) is 4.32. The van der Waals surface area contributed by atoms with Gasteiger partial charge in [-0.3, -0.25) is 4.79 Å². The van der Waals surface area contributed by atoms with Gasteiger partial charge in [-0.1, -0.05) is 13.0 Å². The first-order chi connectivity index (χ1) is 6.11. The lowest BCUT2D eigenvalue weighted by molar-refractivity contribution is -0.114. The van der Waals surface area contributed by atoms with Crippen LogP contribution in [0.5, 0.6) is 0 Å². The van der Waals surface area contributed by atoms with Gasteiger partial charge in [-0.2, -0.15) is 0 Å². The Morgan fingerprint density at radius 1 is 1.69 bits per heavy atom. The highest BCUT2D eigenvalue weighted by Crippen LogP contribution is 2.05. The Kier molecular flexibility index (Phi) is 6.18. The summed E-state index contributed by atoms with van der Waals surface area (Å²) in [5.74, 6) is -0.327. The molecule has 1 heterocycles. The molecule has 0 aromatic rings. The second-order valence-corrected chi connectivity index (χ2v) is 2.78. The fourth-order valence-electron chi connectivity index (χ4n) is 0.571. The van der Waals surface area contributed by atoms with Crippen LogP contribution in [0.15, 0.2) is 11.6 Å². The molecule has 0 saturated carbocycles. The van der Waals surface area contributed by atoms with Gasteiger partial charge in [-0.15, -0.1) is 0 Å². The lowest BCUT2D eigenvalue weighted by Gasteiger charge is -1.88. The highest BCUT2D eigenvalue weighted by atomic mass is 16.6. The molecule has 1 unspecified atom stereocenters. The van der Waals surface area contributed by atoms with Gasteiger partial charge in [-0.25, -0.2) is 5.11 Å². The summed E-state index contributed by atoms with van der Waals surface area (Å²) >= 11 is 0. The number of amides is 1. The third-order valence-corrected chi connectivity index (χ3v) is 1.49. The zero-order valence-corrected chi connectivity index (χ0v) is 8.08. The molecule has 0 aliphatic carbocycles. The van der Waals surface area contributed by atoms with Crippen molar-refractivity contribution in [3.63, 3.8) is 0 Å². The average molecular weight is 186 g/mol. The Morgan fingerprint density at radius 2 is 2.23 bits per heavy atom. The Morgan fingerprint density at radius 3 is 2.31 bits per heavy atom. The van der Waals surface area contributed by atoms with Crippen LogP contribution in [0.25, 0.3) is 0 Å². The molecular formula is C9H16NO3. The Labute approximate surface area is 78.4 Å². The molecule has 1 amide bonds. The first-order valence-electron chi connectivity index (χ1n) is 4.28. The van der Waals surface area contributed by atoms with Crippen LogP contribution in [0.3, 0.4) is 0 Å². The summed E-state index contributed by atoms with van der Waals surface area (Å²) in [6.07, 6.45) is 2.76. The van der Waals surface area contributed by atoms with Gasteiger partial charge in [0.15, 0.2) is 0 Å². The molecule has 1 aliphatic heterocycles. The van der Waals surface area contributed by atoms with Crippen LogP contribution in [-0.2, 0) is 14.6 Å². The molecule has 13 heavy (non-hydrogen) atoms. The molecule has 1 atom stereocenters. The standard InChI is InChI=1S/C6H11NO.C3H5O2/c1-3-4-5(2)6(7)8;4-1-3-2-5-3/h4H,3H2,1-2H3,(H2,7,8);3H,1-2H2. The Balaban J connectivity index is 0.000000243. The predicted octanol–water partition coefficient (Wildman–Crippen LogP) is 0.644. The van der Waals surface area contributed by atoms with E-state index in [1.54, 1.807) is 6.92 Å². The van der Waals surface area contributed by atoms with E-state index < -0.39 is 0 Å². The molecule has 0 spiro atoms. The van der Waals surface area contributed by atoms with Crippen LogP contribution in [0.1, 0.15) is 20.3 Å². The normalized spacial score (nSPS) is 20.2. The first-order valence-corrected chi connectivity index (χ1v) is 4.28. The van der Waals surface area contributed by atoms with E-state index in [0.29, 0.717) is 12.2 Å². The van der Waals surface area contributed by atoms with Gasteiger partial charge < -0.3 is 10.5 Å². The largest absolute Gasteiger partial charge is 0.370 e. The van der Waals surface area contributed by atoms with E-state index in [-0.39, 0.29) is 18.6 Å². The van der Waals surface area contributed by atoms with Crippen molar-refractivity contribution in [2.75, 3.05) is 13.2 Å². The Bertz CT molecular complexity index is 185. The minimum Gasteiger partial charge on any atom is -0.370 e. The van der Waals surface area contributed by atoms with Crippen molar-refractivity contribution in [1.29, 1.82) is 0 Å². The third-order valence-electron chi connectivity index (χ3n) is 1.49. The van der Waals surface area contributed by atoms with E-state index in [1.165, 1.54) is 0 Å². The number of nitrogens with two attached hydrogens (primary N) is 1. The fourth-order valence-corrected chi connectivity index (χ4v) is 0.571. The third kappa shape index (κ3) is 7.49. The second-order valence-electron chi connectivity index (χ2n) is 2.78. The summed E-state index contributed by atoms with van der Waals surface area (Å²) in [7, 11) is 0. The van der Waals surface area contributed by atoms with E-state index in [1.807, 2.05) is 13.0 Å². The van der Waals surface area contributed by atoms with E-state index in [4.69, 9.17) is 5.73 Å². The summed E-state index contributed by atoms with van der Waals surface area (Å²) in [5, 5.41) is 9.57. The zero-order valence-electron chi connectivity index (χ0n) is 8.08. The van der Waals surface area contributed by atoms with Gasteiger partial charge in [-0.05, 0) is 13.3 Å². The lowest BCUT2D eigenvalue weighted by atomic mass is 10.2. The van der Waals surface area contributed by atoms with Crippen LogP contribution in [0, 0.1) is 0 Å². The monoisotopic (exact) mass is 186 g/mol. The zero-order chi connectivity index (χ0) is 10.3. The highest BCUT2D eigenvalue weighted by molar-refractivity contribution is 5.91. The second kappa shape index (κ2) is 6.62. The molecule has 0 bridgehead atoms. The summed E-state index contributed by atoms with van der Waals surface area (Å²) in [6, 6.07) is 0. The van der Waals surface area contributed by atoms with Crippen LogP contribution in [0.4, 0.5) is 0 Å². The maximum absolute atomic E-state index is 10.2. The van der Waals surface area contributed by atoms with Crippen molar-refractivity contribution in [3.8, 4) is 0 Å². The number of primary amides is 1. The van der Waals surface area contributed by atoms with Crippen molar-refractivity contribution in [1.82, 2.24) is 0 Å². The van der Waals surface area contributed by atoms with Crippen LogP contribution < -0.4 is 5.73 Å². The molecular weight excluding hydrogens is 170 g/mol. The van der Waals surface area contributed by atoms with Crippen LogP contribution in [-0.4, -0.2) is 25.2 Å². The number of carbonyl (C=O) groups excluding carboxylic acids is 1. The highest BCUT2D eigenvalue weighted by Gasteiger charge is 2.20. The van der Waals surface area contributed by atoms with Crippen molar-refractivity contribution >= 4 is 5.91 Å². The van der Waals surface area contributed by atoms with E-state index in [2.05, 4.69) is 4.74 Å². The summed E-state index contributed by atoms with van der Waals surface area (Å²) in [5.41, 5.74) is 5.56. The number of carbonyl (C=O) groups is 1. The molecule has 75 valence electrons. The quantitative estimate of drug-likeness (QED) is 0.518. The van der Waals surface area contributed by atoms with Crippen molar-refractivity contribution < 1.29 is 14.6 Å². The number of epoxide rings is 1. The number of hydrogen-bond donors (Lipinski definition) is 1. The van der Waals surface area contributed by atoms with Gasteiger partial charge in [0, 0.05) is 5.57 Å². The van der Waals surface area contributed by atoms with E-state index >= 15 is 0 Å². The molecule has 1 radical (unpaired) electrons. The summed E-state index contributed by atoms with van der Waals surface area (Å²) < 4.78 is 4.55. The van der Waals surface area contributed by atoms with E-state index in [0.717, 1.165) is 6.42 Å². The maximum atomic E-state index is 10.2. The fraction of sp³-hybridized carbons (Fsp3) is 0.667. The average Bonchev–Trinajstić information content (AvgIpc) is 2.88. The smallest absolute Gasteiger partial charge is 0.244 e. The lowest BCUT2D eigenvalue weighted by Crippen LogP contribution is -2.11. The molecule has 1 fully saturated rings. The number of allylic oxidation sites excluding steroid dienone is 1. The SMILES string of the molecule is CCC=C(C)C(N)=O.[O]CC1CO1. The number of hydrogen-bond acceptors (Lipinski definition) is 2. The molecule has 0 aromatic heterocycles. The molecule has 1 rings (SSSR count). The molecule has 2 N–H and O–H groups in total. The number of ether oxygens (including phenoxy) is 1. The van der Waals surface area contributed by atoms with Gasteiger partial charge >= 0.3 is 0 Å². The van der Waals surface area contributed by atoms with E-state index in [9.17, 15) is 9.90 Å². The van der Waals surface area contributed by atoms with Crippen LogP contribution in [0.2, 0.25) is 0 Å². The first kappa shape index (κ1) is 12.1. The minimum atomic E-state index is -0.327. The Hall–Kier alpha value is -0.870. The van der Waals surface area contributed by atoms with Crippen molar-refractivity contribution in [2.24, 2.45) is 5.73 Å². The van der Waals surface area contributed by atoms with Gasteiger partial charge in [0.25, 0.3) is 0 Å². The van der Waals surface area contributed by atoms with Crippen molar-refractivity contribution in [2.45, 2.75) is 26.4 Å². The van der Waals surface area contributed by atoms with Gasteiger partial charge in [0.05, 0.1) is 6.61 Å². The van der Waals surface area contributed by atoms with Crippen LogP contribution >= 0.6 is 0 Å². The minimum absolute atomic E-state index is 0.0556. The number of rotatable bonds is 3.